The summed E-state index contributed by atoms with van der Waals surface area (Å²) in [5.74, 6) is 0.199. The number of alkyl halides is 6. The fraction of sp³-hybridized carbons (Fsp3) is 0.259. The molecule has 1 unspecified atom stereocenters. The third kappa shape index (κ3) is 6.67. The highest BCUT2D eigenvalue weighted by atomic mass is 35.5. The van der Waals surface area contributed by atoms with Gasteiger partial charge in [0.25, 0.3) is 0 Å². The molecular weight excluding hydrogens is 580 g/mol. The first-order valence-corrected chi connectivity index (χ1v) is 13.5. The molecule has 1 atom stereocenters. The molecule has 0 fully saturated rings. The Bertz CT molecular complexity index is 1380. The molecule has 0 saturated heterocycles. The molecule has 40 heavy (non-hydrogen) atoms. The number of carbonyl (C=O) groups excluding carboxylic acids is 1. The van der Waals surface area contributed by atoms with Crippen molar-refractivity contribution in [2.75, 3.05) is 23.9 Å². The first kappa shape index (κ1) is 29.6. The van der Waals surface area contributed by atoms with E-state index in [0.717, 1.165) is 28.8 Å². The zero-order chi connectivity index (χ0) is 29.1. The summed E-state index contributed by atoms with van der Waals surface area (Å²) in [6.45, 7) is 0.0622. The van der Waals surface area contributed by atoms with Gasteiger partial charge in [-0.3, -0.25) is 0 Å². The van der Waals surface area contributed by atoms with Crippen molar-refractivity contribution >= 4 is 40.8 Å². The molecule has 1 heterocycles. The first-order chi connectivity index (χ1) is 18.8. The lowest BCUT2D eigenvalue weighted by Gasteiger charge is -2.31. The van der Waals surface area contributed by atoms with Crippen LogP contribution in [0.5, 0.6) is 5.75 Å². The number of thioether (sulfide) groups is 1. The number of ether oxygens (including phenoxy) is 1. The molecule has 2 amide bonds. The van der Waals surface area contributed by atoms with Crippen LogP contribution >= 0.6 is 23.4 Å². The van der Waals surface area contributed by atoms with Gasteiger partial charge in [0.15, 0.2) is 0 Å². The molecule has 0 radical (unpaired) electrons. The summed E-state index contributed by atoms with van der Waals surface area (Å²) < 4.78 is 81.4. The van der Waals surface area contributed by atoms with Crippen molar-refractivity contribution in [3.63, 3.8) is 0 Å². The predicted octanol–water partition coefficient (Wildman–Crippen LogP) is 8.20. The Kier molecular flexibility index (Phi) is 8.60. The largest absolute Gasteiger partial charge is 0.573 e. The van der Waals surface area contributed by atoms with E-state index in [0.29, 0.717) is 23.4 Å². The summed E-state index contributed by atoms with van der Waals surface area (Å²) in [5.41, 5.74) is -0.175. The van der Waals surface area contributed by atoms with Crippen molar-refractivity contribution in [1.82, 2.24) is 5.01 Å². The first-order valence-electron chi connectivity index (χ1n) is 11.8. The molecule has 3 aromatic rings. The van der Waals surface area contributed by atoms with Crippen LogP contribution < -0.4 is 10.1 Å². The van der Waals surface area contributed by atoms with Crippen LogP contribution in [0.2, 0.25) is 5.02 Å². The van der Waals surface area contributed by atoms with Gasteiger partial charge < -0.3 is 10.1 Å². The van der Waals surface area contributed by atoms with Crippen LogP contribution in [0.1, 0.15) is 23.1 Å². The van der Waals surface area contributed by atoms with Crippen molar-refractivity contribution in [3.05, 3.63) is 94.5 Å². The summed E-state index contributed by atoms with van der Waals surface area (Å²) in [6, 6.07) is 16.5. The molecule has 212 valence electrons. The zero-order valence-electron chi connectivity index (χ0n) is 20.8. The number of anilines is 1. The second kappa shape index (κ2) is 11.6. The van der Waals surface area contributed by atoms with E-state index in [1.807, 2.05) is 36.6 Å². The maximum atomic E-state index is 13.4. The molecule has 0 aliphatic carbocycles. The molecule has 1 N–H and O–H groups in total. The van der Waals surface area contributed by atoms with Crippen molar-refractivity contribution in [2.45, 2.75) is 24.4 Å². The van der Waals surface area contributed by atoms with Crippen LogP contribution in [-0.2, 0) is 11.6 Å². The molecule has 13 heteroatoms. The fourth-order valence-corrected chi connectivity index (χ4v) is 5.30. The Morgan fingerprint density at radius 2 is 1.73 bits per heavy atom. The van der Waals surface area contributed by atoms with Gasteiger partial charge >= 0.3 is 18.6 Å². The van der Waals surface area contributed by atoms with Crippen LogP contribution in [0, 0.1) is 0 Å². The standard InChI is InChI=1S/C27H22ClF6N3O2S/c1-40-14-13-25(18-5-3-2-4-6-18)16-37(24(38)35-19-8-10-20(11-9-19)39-27(32,33)34)36-23(25)17-7-12-21(22(28)15-17)26(29,30)31/h2-12,15H,13-14,16H2,1H3,(H,35,38). The van der Waals surface area contributed by atoms with Crippen molar-refractivity contribution in [2.24, 2.45) is 5.10 Å². The SMILES string of the molecule is CSCCC1(c2ccccc2)CN(C(=O)Nc2ccc(OC(F)(F)F)cc2)N=C1c1ccc(C(F)(F)F)c(Cl)c1. The maximum Gasteiger partial charge on any atom is 0.573 e. The molecule has 1 aliphatic heterocycles. The summed E-state index contributed by atoms with van der Waals surface area (Å²) >= 11 is 7.61. The van der Waals surface area contributed by atoms with E-state index >= 15 is 0 Å². The number of carbonyl (C=O) groups is 1. The number of rotatable bonds is 7. The number of nitrogens with zero attached hydrogens (tertiary/aromatic N) is 2. The monoisotopic (exact) mass is 601 g/mol. The van der Waals surface area contributed by atoms with Crippen LogP contribution in [0.25, 0.3) is 0 Å². The van der Waals surface area contributed by atoms with E-state index < -0.39 is 40.3 Å². The Labute approximate surface area is 235 Å². The van der Waals surface area contributed by atoms with Crippen LogP contribution in [-0.4, -0.2) is 41.7 Å². The Hall–Kier alpha value is -3.38. The quantitative estimate of drug-likeness (QED) is 0.278. The summed E-state index contributed by atoms with van der Waals surface area (Å²) in [4.78, 5) is 13.3. The maximum absolute atomic E-state index is 13.4. The van der Waals surface area contributed by atoms with E-state index in [9.17, 15) is 31.1 Å². The second-order valence-electron chi connectivity index (χ2n) is 8.89. The fourth-order valence-electron chi connectivity index (χ4n) is 4.46. The Morgan fingerprint density at radius 3 is 2.30 bits per heavy atom. The second-order valence-corrected chi connectivity index (χ2v) is 10.3. The van der Waals surface area contributed by atoms with E-state index in [1.54, 1.807) is 11.8 Å². The number of benzene rings is 3. The summed E-state index contributed by atoms with van der Waals surface area (Å²) in [6.07, 6.45) is -7.09. The molecule has 0 bridgehead atoms. The number of urea groups is 1. The third-order valence-electron chi connectivity index (χ3n) is 6.27. The van der Waals surface area contributed by atoms with Crippen LogP contribution in [0.15, 0.2) is 77.9 Å². The number of hydrazone groups is 1. The lowest BCUT2D eigenvalue weighted by Crippen LogP contribution is -2.41. The molecule has 0 spiro atoms. The van der Waals surface area contributed by atoms with Crippen molar-refractivity contribution in [3.8, 4) is 5.75 Å². The Balaban J connectivity index is 1.71. The predicted molar refractivity (Wildman–Crippen MR) is 143 cm³/mol. The minimum absolute atomic E-state index is 0.0622. The van der Waals surface area contributed by atoms with Gasteiger partial charge in [0.2, 0.25) is 0 Å². The van der Waals surface area contributed by atoms with Crippen LogP contribution in [0.3, 0.4) is 0 Å². The third-order valence-corrected chi connectivity index (χ3v) is 7.20. The topological polar surface area (TPSA) is 53.9 Å². The minimum atomic E-state index is -4.86. The minimum Gasteiger partial charge on any atom is -0.406 e. The summed E-state index contributed by atoms with van der Waals surface area (Å²) in [7, 11) is 0. The van der Waals surface area contributed by atoms with Gasteiger partial charge in [-0.05, 0) is 60.4 Å². The molecular formula is C27H22ClF6N3O2S. The van der Waals surface area contributed by atoms with Crippen molar-refractivity contribution in [1.29, 1.82) is 0 Å². The lowest BCUT2D eigenvalue weighted by molar-refractivity contribution is -0.274. The van der Waals surface area contributed by atoms with Gasteiger partial charge in [0, 0.05) is 11.3 Å². The van der Waals surface area contributed by atoms with Crippen LogP contribution in [0.4, 0.5) is 36.8 Å². The summed E-state index contributed by atoms with van der Waals surface area (Å²) in [5, 5.41) is 7.81. The lowest BCUT2D eigenvalue weighted by atomic mass is 9.72. The smallest absolute Gasteiger partial charge is 0.406 e. The zero-order valence-corrected chi connectivity index (χ0v) is 22.4. The highest BCUT2D eigenvalue weighted by Gasteiger charge is 2.46. The van der Waals surface area contributed by atoms with E-state index in [1.165, 1.54) is 24.3 Å². The van der Waals surface area contributed by atoms with E-state index in [-0.39, 0.29) is 12.2 Å². The number of hydrogen-bond donors (Lipinski definition) is 1. The van der Waals surface area contributed by atoms with Gasteiger partial charge in [-0.25, -0.2) is 9.80 Å². The van der Waals surface area contributed by atoms with E-state index in [4.69, 9.17) is 11.6 Å². The highest BCUT2D eigenvalue weighted by Crippen LogP contribution is 2.41. The van der Waals surface area contributed by atoms with E-state index in [2.05, 4.69) is 15.2 Å². The van der Waals surface area contributed by atoms with Gasteiger partial charge in [-0.15, -0.1) is 13.2 Å². The number of amides is 2. The van der Waals surface area contributed by atoms with Gasteiger partial charge in [0.05, 0.1) is 28.3 Å². The number of nitrogens with one attached hydrogen (secondary N) is 1. The molecule has 5 nitrogen and oxygen atoms in total. The molecule has 1 aliphatic rings. The molecule has 4 rings (SSSR count). The highest BCUT2D eigenvalue weighted by molar-refractivity contribution is 7.98. The average Bonchev–Trinajstić information content (AvgIpc) is 3.28. The van der Waals surface area contributed by atoms with Crippen molar-refractivity contribution < 1.29 is 35.9 Å². The van der Waals surface area contributed by atoms with Gasteiger partial charge in [-0.2, -0.15) is 30.0 Å². The average molecular weight is 602 g/mol. The number of halogens is 7. The molecule has 3 aromatic carbocycles. The Morgan fingerprint density at radius 1 is 1.05 bits per heavy atom. The van der Waals surface area contributed by atoms with Gasteiger partial charge in [0.1, 0.15) is 5.75 Å². The molecule has 0 aromatic heterocycles. The van der Waals surface area contributed by atoms with Gasteiger partial charge in [-0.1, -0.05) is 48.0 Å². The number of hydrogen-bond acceptors (Lipinski definition) is 4. The molecule has 0 saturated carbocycles. The normalized spacial score (nSPS) is 17.5.